The van der Waals surface area contributed by atoms with Gasteiger partial charge in [0.05, 0.1) is 18.9 Å². The van der Waals surface area contributed by atoms with Crippen LogP contribution in [0.25, 0.3) is 0 Å². The summed E-state index contributed by atoms with van der Waals surface area (Å²) in [5, 5.41) is 5.85. The first kappa shape index (κ1) is 13.9. The van der Waals surface area contributed by atoms with E-state index in [1.54, 1.807) is 7.11 Å². The summed E-state index contributed by atoms with van der Waals surface area (Å²) in [4.78, 5) is 23.8. The van der Waals surface area contributed by atoms with E-state index in [0.717, 1.165) is 24.2 Å². The first-order chi connectivity index (χ1) is 10.2. The van der Waals surface area contributed by atoms with Gasteiger partial charge in [-0.3, -0.25) is 9.59 Å². The monoisotopic (exact) mass is 288 g/mol. The molecule has 0 saturated heterocycles. The van der Waals surface area contributed by atoms with Gasteiger partial charge in [0, 0.05) is 12.6 Å². The number of carbonyl (C=O) groups is 2. The summed E-state index contributed by atoms with van der Waals surface area (Å²) in [6.45, 7) is 0.482. The van der Waals surface area contributed by atoms with Crippen molar-refractivity contribution >= 4 is 11.8 Å². The molecule has 0 aromatic heterocycles. The van der Waals surface area contributed by atoms with Crippen LogP contribution in [0.3, 0.4) is 0 Å². The van der Waals surface area contributed by atoms with Gasteiger partial charge in [0.25, 0.3) is 0 Å². The third kappa shape index (κ3) is 3.54. The standard InChI is InChI=1S/C16H20N2O3/c1-21-12-6-2-10(3-7-12)9-17-15(19)13-8-14(13)16(20)18-11-4-5-11/h2-3,6-7,11,13-14H,4-5,8-9H2,1H3,(H,17,19)(H,18,20). The summed E-state index contributed by atoms with van der Waals surface area (Å²) in [5.74, 6) is 0.538. The summed E-state index contributed by atoms with van der Waals surface area (Å²) in [6, 6.07) is 7.93. The molecular weight excluding hydrogens is 268 g/mol. The van der Waals surface area contributed by atoms with Crippen molar-refractivity contribution in [1.82, 2.24) is 10.6 Å². The van der Waals surface area contributed by atoms with Gasteiger partial charge in [-0.1, -0.05) is 12.1 Å². The van der Waals surface area contributed by atoms with Crippen molar-refractivity contribution < 1.29 is 14.3 Å². The van der Waals surface area contributed by atoms with Crippen LogP contribution in [0.5, 0.6) is 5.75 Å². The minimum atomic E-state index is -0.151. The van der Waals surface area contributed by atoms with Crippen molar-refractivity contribution in [2.75, 3.05) is 7.11 Å². The number of hydrogen-bond acceptors (Lipinski definition) is 3. The second kappa shape index (κ2) is 5.76. The normalized spacial score (nSPS) is 23.3. The highest BCUT2D eigenvalue weighted by molar-refractivity contribution is 5.92. The zero-order valence-corrected chi connectivity index (χ0v) is 12.1. The number of ether oxygens (including phenoxy) is 1. The molecule has 2 N–H and O–H groups in total. The summed E-state index contributed by atoms with van der Waals surface area (Å²) >= 11 is 0. The number of benzene rings is 1. The van der Waals surface area contributed by atoms with Crippen molar-refractivity contribution in [2.24, 2.45) is 11.8 Å². The Morgan fingerprint density at radius 2 is 1.81 bits per heavy atom. The maximum atomic E-state index is 12.0. The number of rotatable bonds is 6. The van der Waals surface area contributed by atoms with Crippen molar-refractivity contribution in [3.8, 4) is 5.75 Å². The quantitative estimate of drug-likeness (QED) is 0.827. The van der Waals surface area contributed by atoms with Crippen LogP contribution in [0.15, 0.2) is 24.3 Å². The zero-order valence-electron chi connectivity index (χ0n) is 12.1. The van der Waals surface area contributed by atoms with Crippen molar-refractivity contribution in [3.05, 3.63) is 29.8 Å². The van der Waals surface area contributed by atoms with Crippen LogP contribution in [-0.4, -0.2) is 25.0 Å². The second-order valence-electron chi connectivity index (χ2n) is 5.80. The molecule has 0 radical (unpaired) electrons. The first-order valence-corrected chi connectivity index (χ1v) is 7.38. The Morgan fingerprint density at radius 1 is 1.14 bits per heavy atom. The summed E-state index contributed by atoms with van der Waals surface area (Å²) in [7, 11) is 1.62. The van der Waals surface area contributed by atoms with E-state index >= 15 is 0 Å². The molecule has 1 aromatic rings. The Hall–Kier alpha value is -2.04. The molecule has 0 spiro atoms. The van der Waals surface area contributed by atoms with Gasteiger partial charge in [-0.15, -0.1) is 0 Å². The molecule has 5 nitrogen and oxygen atoms in total. The molecule has 2 fully saturated rings. The summed E-state index contributed by atoms with van der Waals surface area (Å²) < 4.78 is 5.09. The van der Waals surface area contributed by atoms with E-state index in [1.165, 1.54) is 0 Å². The number of amides is 2. The number of nitrogens with one attached hydrogen (secondary N) is 2. The molecule has 0 heterocycles. The number of hydrogen-bond donors (Lipinski definition) is 2. The van der Waals surface area contributed by atoms with Crippen molar-refractivity contribution in [1.29, 1.82) is 0 Å². The lowest BCUT2D eigenvalue weighted by atomic mass is 10.2. The lowest BCUT2D eigenvalue weighted by molar-refractivity contribution is -0.127. The summed E-state index contributed by atoms with van der Waals surface area (Å²) in [6.07, 6.45) is 2.83. The Bertz CT molecular complexity index is 537. The smallest absolute Gasteiger partial charge is 0.224 e. The van der Waals surface area contributed by atoms with Gasteiger partial charge >= 0.3 is 0 Å². The van der Waals surface area contributed by atoms with E-state index in [9.17, 15) is 9.59 Å². The van der Waals surface area contributed by atoms with Gasteiger partial charge in [-0.25, -0.2) is 0 Å². The zero-order chi connectivity index (χ0) is 14.8. The fraction of sp³-hybridized carbons (Fsp3) is 0.500. The third-order valence-electron chi connectivity index (χ3n) is 4.01. The Morgan fingerprint density at radius 3 is 2.43 bits per heavy atom. The molecule has 0 bridgehead atoms. The maximum absolute atomic E-state index is 12.0. The predicted octanol–water partition coefficient (Wildman–Crippen LogP) is 1.23. The SMILES string of the molecule is COc1ccc(CNC(=O)C2CC2C(=O)NC2CC2)cc1. The predicted molar refractivity (Wildman–Crippen MR) is 77.6 cm³/mol. The van der Waals surface area contributed by atoms with E-state index in [0.29, 0.717) is 19.0 Å². The molecule has 21 heavy (non-hydrogen) atoms. The van der Waals surface area contributed by atoms with Gasteiger partial charge in [-0.05, 0) is 37.0 Å². The molecule has 2 amide bonds. The fourth-order valence-corrected chi connectivity index (χ4v) is 2.37. The number of carbonyl (C=O) groups excluding carboxylic acids is 2. The van der Waals surface area contributed by atoms with E-state index in [4.69, 9.17) is 4.74 Å². The van der Waals surface area contributed by atoms with Crippen molar-refractivity contribution in [2.45, 2.75) is 31.8 Å². The van der Waals surface area contributed by atoms with Gasteiger partial charge in [0.1, 0.15) is 5.75 Å². The fourth-order valence-electron chi connectivity index (χ4n) is 2.37. The Labute approximate surface area is 124 Å². The van der Waals surface area contributed by atoms with Crippen LogP contribution in [-0.2, 0) is 16.1 Å². The van der Waals surface area contributed by atoms with E-state index in [2.05, 4.69) is 10.6 Å². The lowest BCUT2D eigenvalue weighted by Gasteiger charge is -2.06. The molecule has 2 unspecified atom stereocenters. The van der Waals surface area contributed by atoms with E-state index in [1.807, 2.05) is 24.3 Å². The highest BCUT2D eigenvalue weighted by atomic mass is 16.5. The van der Waals surface area contributed by atoms with Crippen LogP contribution < -0.4 is 15.4 Å². The molecule has 112 valence electrons. The highest BCUT2D eigenvalue weighted by Gasteiger charge is 2.48. The van der Waals surface area contributed by atoms with Gasteiger partial charge in [0.15, 0.2) is 0 Å². The van der Waals surface area contributed by atoms with Crippen LogP contribution >= 0.6 is 0 Å². The van der Waals surface area contributed by atoms with Crippen LogP contribution in [0, 0.1) is 11.8 Å². The van der Waals surface area contributed by atoms with Crippen LogP contribution in [0.1, 0.15) is 24.8 Å². The molecular formula is C16H20N2O3. The molecule has 2 aliphatic carbocycles. The Balaban J connectivity index is 1.43. The Kier molecular flexibility index (Phi) is 3.82. The molecule has 5 heteroatoms. The number of methoxy groups -OCH3 is 1. The minimum absolute atomic E-state index is 0.0261. The molecule has 1 aromatic carbocycles. The second-order valence-corrected chi connectivity index (χ2v) is 5.80. The molecule has 2 atom stereocenters. The van der Waals surface area contributed by atoms with Gasteiger partial charge in [0.2, 0.25) is 11.8 Å². The third-order valence-corrected chi connectivity index (χ3v) is 4.01. The molecule has 3 rings (SSSR count). The van der Waals surface area contributed by atoms with Gasteiger partial charge in [-0.2, -0.15) is 0 Å². The van der Waals surface area contributed by atoms with Gasteiger partial charge < -0.3 is 15.4 Å². The topological polar surface area (TPSA) is 67.4 Å². The minimum Gasteiger partial charge on any atom is -0.497 e. The highest BCUT2D eigenvalue weighted by Crippen LogP contribution is 2.39. The van der Waals surface area contributed by atoms with E-state index < -0.39 is 0 Å². The van der Waals surface area contributed by atoms with Crippen molar-refractivity contribution in [3.63, 3.8) is 0 Å². The largest absolute Gasteiger partial charge is 0.497 e. The average molecular weight is 288 g/mol. The van der Waals surface area contributed by atoms with Crippen LogP contribution in [0.2, 0.25) is 0 Å². The van der Waals surface area contributed by atoms with Crippen LogP contribution in [0.4, 0.5) is 0 Å². The maximum Gasteiger partial charge on any atom is 0.224 e. The molecule has 0 aliphatic heterocycles. The average Bonchev–Trinajstić information content (AvgIpc) is 3.38. The first-order valence-electron chi connectivity index (χ1n) is 7.38. The molecule has 2 saturated carbocycles. The van der Waals surface area contributed by atoms with E-state index in [-0.39, 0.29) is 23.7 Å². The lowest BCUT2D eigenvalue weighted by Crippen LogP contribution is -2.31. The molecule has 2 aliphatic rings. The summed E-state index contributed by atoms with van der Waals surface area (Å²) in [5.41, 5.74) is 1.02.